The molecule has 4 heteroatoms. The van der Waals surface area contributed by atoms with Crippen LogP contribution in [0.3, 0.4) is 0 Å². The molecule has 0 aliphatic carbocycles. The topological polar surface area (TPSA) is 33.1 Å². The van der Waals surface area contributed by atoms with E-state index in [1.165, 1.54) is 11.3 Å². The lowest BCUT2D eigenvalue weighted by Gasteiger charge is -1.98. The number of phenolic OH excluding ortho intramolecular Hbond substituents is 1. The van der Waals surface area contributed by atoms with Gasteiger partial charge in [0.05, 0.1) is 4.88 Å². The molecule has 2 aromatic rings. The molecule has 0 radical (unpaired) electrons. The summed E-state index contributed by atoms with van der Waals surface area (Å²) in [6.45, 7) is 0. The van der Waals surface area contributed by atoms with Crippen molar-refractivity contribution in [3.63, 3.8) is 0 Å². The molecule has 1 aromatic carbocycles. The number of benzene rings is 1. The predicted molar refractivity (Wildman–Crippen MR) is 54.2 cm³/mol. The van der Waals surface area contributed by atoms with E-state index in [2.05, 4.69) is 4.98 Å². The Morgan fingerprint density at radius 2 is 2.08 bits per heavy atom. The van der Waals surface area contributed by atoms with Gasteiger partial charge in [-0.25, -0.2) is 4.98 Å². The van der Waals surface area contributed by atoms with Gasteiger partial charge in [0.1, 0.15) is 5.75 Å². The molecule has 2 nitrogen and oxygen atoms in total. The van der Waals surface area contributed by atoms with Gasteiger partial charge in [0.25, 0.3) is 0 Å². The molecule has 2 rings (SSSR count). The fourth-order valence-corrected chi connectivity index (χ4v) is 2.03. The minimum absolute atomic E-state index is 0.253. The molecule has 66 valence electrons. The number of aromatic hydroxyl groups is 1. The van der Waals surface area contributed by atoms with Gasteiger partial charge < -0.3 is 5.11 Å². The van der Waals surface area contributed by atoms with E-state index in [0.29, 0.717) is 4.47 Å². The van der Waals surface area contributed by atoms with Gasteiger partial charge in [0.15, 0.2) is 4.47 Å². The minimum atomic E-state index is 0.253. The summed E-state index contributed by atoms with van der Waals surface area (Å²) in [5.41, 5.74) is 0.770. The van der Waals surface area contributed by atoms with E-state index in [-0.39, 0.29) is 5.75 Å². The van der Waals surface area contributed by atoms with Crippen molar-refractivity contribution >= 4 is 22.9 Å². The number of phenols is 1. The van der Waals surface area contributed by atoms with Gasteiger partial charge in [-0.2, -0.15) is 0 Å². The molecule has 0 aliphatic heterocycles. The second kappa shape index (κ2) is 3.36. The van der Waals surface area contributed by atoms with Crippen molar-refractivity contribution in [3.8, 4) is 16.2 Å². The van der Waals surface area contributed by atoms with Gasteiger partial charge in [-0.1, -0.05) is 23.7 Å². The molecule has 0 spiro atoms. The maximum Gasteiger partial charge on any atom is 0.184 e. The standard InChI is InChI=1S/C9H6ClNOS/c10-9-11-5-8(13-9)6-3-1-2-4-7(6)12/h1-5,12H. The van der Waals surface area contributed by atoms with Crippen LogP contribution < -0.4 is 0 Å². The van der Waals surface area contributed by atoms with Crippen LogP contribution in [0, 0.1) is 0 Å². The number of nitrogens with zero attached hydrogens (tertiary/aromatic N) is 1. The quantitative estimate of drug-likeness (QED) is 0.786. The summed E-state index contributed by atoms with van der Waals surface area (Å²) in [7, 11) is 0. The monoisotopic (exact) mass is 211 g/mol. The molecule has 1 heterocycles. The third kappa shape index (κ3) is 1.66. The van der Waals surface area contributed by atoms with Gasteiger partial charge in [-0.05, 0) is 12.1 Å². The summed E-state index contributed by atoms with van der Waals surface area (Å²) in [6.07, 6.45) is 1.65. The van der Waals surface area contributed by atoms with Gasteiger partial charge >= 0.3 is 0 Å². The molecule has 0 aliphatic rings. The van der Waals surface area contributed by atoms with E-state index in [4.69, 9.17) is 11.6 Å². The first-order chi connectivity index (χ1) is 6.27. The molecule has 0 amide bonds. The summed E-state index contributed by atoms with van der Waals surface area (Å²) in [5, 5.41) is 9.51. The Hall–Kier alpha value is -1.06. The second-order valence-electron chi connectivity index (χ2n) is 2.49. The lowest BCUT2D eigenvalue weighted by Crippen LogP contribution is -1.72. The lowest BCUT2D eigenvalue weighted by molar-refractivity contribution is 0.477. The molecule has 0 atom stereocenters. The first kappa shape index (κ1) is 8.53. The highest BCUT2D eigenvalue weighted by molar-refractivity contribution is 7.18. The number of para-hydroxylation sites is 1. The molecule has 1 aromatic heterocycles. The summed E-state index contributed by atoms with van der Waals surface area (Å²) in [6, 6.07) is 7.12. The van der Waals surface area contributed by atoms with Crippen LogP contribution in [0.1, 0.15) is 0 Å². The van der Waals surface area contributed by atoms with Crippen LogP contribution in [-0.4, -0.2) is 10.1 Å². The molecule has 0 fully saturated rings. The smallest absolute Gasteiger partial charge is 0.184 e. The van der Waals surface area contributed by atoms with Gasteiger partial charge in [-0.3, -0.25) is 0 Å². The van der Waals surface area contributed by atoms with Crippen molar-refractivity contribution in [1.82, 2.24) is 4.98 Å². The summed E-state index contributed by atoms with van der Waals surface area (Å²) in [5.74, 6) is 0.253. The van der Waals surface area contributed by atoms with Crippen molar-refractivity contribution < 1.29 is 5.11 Å². The molecule has 13 heavy (non-hydrogen) atoms. The largest absolute Gasteiger partial charge is 0.507 e. The third-order valence-electron chi connectivity index (χ3n) is 1.65. The zero-order valence-electron chi connectivity index (χ0n) is 6.57. The maximum absolute atomic E-state index is 9.51. The Morgan fingerprint density at radius 1 is 1.31 bits per heavy atom. The average Bonchev–Trinajstić information content (AvgIpc) is 2.53. The molecule has 0 bridgehead atoms. The normalized spacial score (nSPS) is 10.2. The van der Waals surface area contributed by atoms with E-state index in [1.54, 1.807) is 18.3 Å². The Labute approximate surface area is 84.4 Å². The van der Waals surface area contributed by atoms with E-state index in [0.717, 1.165) is 10.4 Å². The number of rotatable bonds is 1. The fourth-order valence-electron chi connectivity index (χ4n) is 1.06. The van der Waals surface area contributed by atoms with Crippen molar-refractivity contribution in [1.29, 1.82) is 0 Å². The van der Waals surface area contributed by atoms with Crippen molar-refractivity contribution in [2.45, 2.75) is 0 Å². The number of hydrogen-bond donors (Lipinski definition) is 1. The fraction of sp³-hybridized carbons (Fsp3) is 0. The Balaban J connectivity index is 2.52. The van der Waals surface area contributed by atoms with Gasteiger partial charge in [0, 0.05) is 11.8 Å². The van der Waals surface area contributed by atoms with Crippen LogP contribution in [-0.2, 0) is 0 Å². The predicted octanol–water partition coefficient (Wildman–Crippen LogP) is 3.17. The van der Waals surface area contributed by atoms with Crippen LogP contribution in [0.2, 0.25) is 4.47 Å². The summed E-state index contributed by atoms with van der Waals surface area (Å²) in [4.78, 5) is 4.78. The van der Waals surface area contributed by atoms with Gasteiger partial charge in [0.2, 0.25) is 0 Å². The second-order valence-corrected chi connectivity index (χ2v) is 4.11. The molecule has 0 unspecified atom stereocenters. The summed E-state index contributed by atoms with van der Waals surface area (Å²) < 4.78 is 0.484. The summed E-state index contributed by atoms with van der Waals surface area (Å²) >= 11 is 7.04. The maximum atomic E-state index is 9.51. The average molecular weight is 212 g/mol. The highest BCUT2D eigenvalue weighted by atomic mass is 35.5. The Kier molecular flexibility index (Phi) is 2.20. The van der Waals surface area contributed by atoms with E-state index < -0.39 is 0 Å². The van der Waals surface area contributed by atoms with Crippen molar-refractivity contribution in [2.24, 2.45) is 0 Å². The zero-order valence-corrected chi connectivity index (χ0v) is 8.14. The molecule has 0 saturated heterocycles. The molecular weight excluding hydrogens is 206 g/mol. The third-order valence-corrected chi connectivity index (χ3v) is 2.80. The van der Waals surface area contributed by atoms with E-state index in [1.807, 2.05) is 12.1 Å². The first-order valence-electron chi connectivity index (χ1n) is 3.67. The Bertz CT molecular complexity index is 427. The lowest BCUT2D eigenvalue weighted by atomic mass is 10.2. The van der Waals surface area contributed by atoms with Crippen LogP contribution >= 0.6 is 22.9 Å². The highest BCUT2D eigenvalue weighted by Gasteiger charge is 2.06. The number of halogens is 1. The number of hydrogen-bond acceptors (Lipinski definition) is 3. The number of aromatic nitrogens is 1. The number of thiazole rings is 1. The molecule has 1 N–H and O–H groups in total. The zero-order chi connectivity index (χ0) is 9.26. The van der Waals surface area contributed by atoms with E-state index in [9.17, 15) is 5.11 Å². The van der Waals surface area contributed by atoms with Gasteiger partial charge in [-0.15, -0.1) is 11.3 Å². The minimum Gasteiger partial charge on any atom is -0.507 e. The van der Waals surface area contributed by atoms with E-state index >= 15 is 0 Å². The first-order valence-corrected chi connectivity index (χ1v) is 4.86. The molecule has 0 saturated carbocycles. The van der Waals surface area contributed by atoms with Crippen LogP contribution in [0.4, 0.5) is 0 Å². The molecular formula is C9H6ClNOS. The van der Waals surface area contributed by atoms with Crippen molar-refractivity contribution in [3.05, 3.63) is 34.9 Å². The Morgan fingerprint density at radius 3 is 2.69 bits per heavy atom. The van der Waals surface area contributed by atoms with Crippen LogP contribution in [0.15, 0.2) is 30.5 Å². The SMILES string of the molecule is Oc1ccccc1-c1cnc(Cl)s1. The van der Waals surface area contributed by atoms with Crippen molar-refractivity contribution in [2.75, 3.05) is 0 Å². The highest BCUT2D eigenvalue weighted by Crippen LogP contribution is 2.33. The van der Waals surface area contributed by atoms with Crippen LogP contribution in [0.5, 0.6) is 5.75 Å². The van der Waals surface area contributed by atoms with Crippen LogP contribution in [0.25, 0.3) is 10.4 Å².